The molecule has 0 bridgehead atoms. The number of fused-ring (bicyclic) bond motifs is 1. The minimum absolute atomic E-state index is 0.451. The van der Waals surface area contributed by atoms with Crippen molar-refractivity contribution in [3.8, 4) is 5.75 Å². The van der Waals surface area contributed by atoms with E-state index in [1.165, 1.54) is 0 Å². The molecule has 2 heterocycles. The number of hydrogen-bond acceptors (Lipinski definition) is 6. The van der Waals surface area contributed by atoms with E-state index in [1.54, 1.807) is 42.7 Å². The van der Waals surface area contributed by atoms with Gasteiger partial charge in [0.15, 0.2) is 0 Å². The minimum atomic E-state index is -5.25. The molecule has 0 fully saturated rings. The molecule has 7 nitrogen and oxygen atoms in total. The second kappa shape index (κ2) is 12.3. The maximum Gasteiger partial charge on any atom is 0.491 e. The summed E-state index contributed by atoms with van der Waals surface area (Å²) >= 11 is 0. The van der Waals surface area contributed by atoms with Gasteiger partial charge in [0.25, 0.3) is 0 Å². The second-order valence-electron chi connectivity index (χ2n) is 8.58. The van der Waals surface area contributed by atoms with E-state index in [1.807, 2.05) is 36.4 Å². The molecule has 198 valence electrons. The van der Waals surface area contributed by atoms with E-state index in [0.717, 1.165) is 36.1 Å². The highest BCUT2D eigenvalue weighted by Crippen LogP contribution is 2.35. The number of carbonyl (C=O) groups excluding carboxylic acids is 2. The number of halogens is 3. The molecule has 38 heavy (non-hydrogen) atoms. The first-order chi connectivity index (χ1) is 18.3. The maximum absolute atomic E-state index is 12.6. The predicted octanol–water partition coefficient (Wildman–Crippen LogP) is 5.99. The van der Waals surface area contributed by atoms with Crippen LogP contribution in [0.2, 0.25) is 0 Å². The average molecular weight is 526 g/mol. The third-order valence-corrected chi connectivity index (χ3v) is 5.88. The van der Waals surface area contributed by atoms with Crippen LogP contribution in [0.15, 0.2) is 79.1 Å². The molecule has 0 saturated carbocycles. The van der Waals surface area contributed by atoms with Gasteiger partial charge in [0.1, 0.15) is 11.6 Å². The van der Waals surface area contributed by atoms with Crippen molar-refractivity contribution in [2.75, 3.05) is 18.5 Å². The molecule has 0 aliphatic carbocycles. The van der Waals surface area contributed by atoms with Crippen LogP contribution in [0.1, 0.15) is 36.3 Å². The monoisotopic (exact) mass is 525 g/mol. The Morgan fingerprint density at radius 1 is 1.00 bits per heavy atom. The van der Waals surface area contributed by atoms with Crippen molar-refractivity contribution >= 4 is 28.7 Å². The number of carbonyl (C=O) groups is 2. The van der Waals surface area contributed by atoms with E-state index in [9.17, 15) is 22.8 Å². The molecule has 0 spiro atoms. The Morgan fingerprint density at radius 2 is 1.79 bits per heavy atom. The van der Waals surface area contributed by atoms with Gasteiger partial charge in [0.2, 0.25) is 0 Å². The number of aromatic amines is 1. The van der Waals surface area contributed by atoms with Crippen molar-refractivity contribution < 1.29 is 32.2 Å². The summed E-state index contributed by atoms with van der Waals surface area (Å²) in [5.41, 5.74) is 2.14. The number of benzene rings is 2. The summed E-state index contributed by atoms with van der Waals surface area (Å²) < 4.78 is 47.8. The fourth-order valence-electron chi connectivity index (χ4n) is 4.06. The molecule has 0 aliphatic rings. The summed E-state index contributed by atoms with van der Waals surface area (Å²) in [4.78, 5) is 30.8. The van der Waals surface area contributed by atoms with Gasteiger partial charge < -0.3 is 19.8 Å². The molecule has 0 radical (unpaired) electrons. The summed E-state index contributed by atoms with van der Waals surface area (Å²) in [6, 6.07) is 20.0. The van der Waals surface area contributed by atoms with Crippen molar-refractivity contribution in [1.82, 2.24) is 9.97 Å². The Labute approximate surface area is 217 Å². The molecular formula is C28H26F3N3O4. The Hall–Kier alpha value is -4.34. The average Bonchev–Trinajstić information content (AvgIpc) is 3.33. The molecule has 2 aromatic heterocycles. The SMILES string of the molecule is O=C(CC(c1ccccc1)c1c[nH]c2ccc(OCCCCNc3ccccn3)cc12)OC(=O)C(F)(F)F. The van der Waals surface area contributed by atoms with Crippen LogP contribution in [0.4, 0.5) is 19.0 Å². The molecule has 2 aromatic carbocycles. The standard InChI is InChI=1S/C28H26F3N3O4/c29-28(30,31)27(36)38-26(35)17-21(19-8-2-1-3-9-19)23-18-34-24-12-11-20(16-22(23)24)37-15-7-6-14-33-25-10-4-5-13-32-25/h1-5,8-13,16,18,21,34H,6-7,14-15,17H2,(H,32,33). The number of H-pyrrole nitrogens is 1. The molecule has 0 aliphatic heterocycles. The van der Waals surface area contributed by atoms with Crippen molar-refractivity contribution in [1.29, 1.82) is 0 Å². The highest BCUT2D eigenvalue weighted by molar-refractivity contribution is 5.90. The van der Waals surface area contributed by atoms with Gasteiger partial charge in [0.05, 0.1) is 13.0 Å². The lowest BCUT2D eigenvalue weighted by Gasteiger charge is -2.17. The lowest BCUT2D eigenvalue weighted by atomic mass is 9.88. The second-order valence-corrected chi connectivity index (χ2v) is 8.58. The Morgan fingerprint density at radius 3 is 2.53 bits per heavy atom. The van der Waals surface area contributed by atoms with E-state index in [4.69, 9.17) is 4.74 Å². The number of pyridine rings is 1. The number of hydrogen-bond donors (Lipinski definition) is 2. The number of unbranched alkanes of at least 4 members (excludes halogenated alkanes) is 1. The normalized spacial score (nSPS) is 12.2. The van der Waals surface area contributed by atoms with Crippen molar-refractivity contribution in [2.45, 2.75) is 31.4 Å². The quantitative estimate of drug-likeness (QED) is 0.142. The Kier molecular flexibility index (Phi) is 8.62. The molecule has 2 N–H and O–H groups in total. The van der Waals surface area contributed by atoms with Crippen molar-refractivity contribution in [3.05, 3.63) is 90.3 Å². The molecule has 0 saturated heterocycles. The van der Waals surface area contributed by atoms with Crippen LogP contribution < -0.4 is 10.1 Å². The van der Waals surface area contributed by atoms with Gasteiger partial charge >= 0.3 is 18.1 Å². The topological polar surface area (TPSA) is 93.3 Å². The smallest absolute Gasteiger partial charge is 0.491 e. The summed E-state index contributed by atoms with van der Waals surface area (Å²) in [7, 11) is 0. The first-order valence-corrected chi connectivity index (χ1v) is 12.1. The van der Waals surface area contributed by atoms with Crippen LogP contribution >= 0.6 is 0 Å². The van der Waals surface area contributed by atoms with E-state index >= 15 is 0 Å². The number of nitrogens with zero attached hydrogens (tertiary/aromatic N) is 1. The van der Waals surface area contributed by atoms with Gasteiger partial charge in [-0.2, -0.15) is 13.2 Å². The third-order valence-electron chi connectivity index (χ3n) is 5.88. The van der Waals surface area contributed by atoms with Crippen molar-refractivity contribution in [3.63, 3.8) is 0 Å². The number of anilines is 1. The van der Waals surface area contributed by atoms with Gasteiger partial charge in [-0.3, -0.25) is 4.79 Å². The number of rotatable bonds is 11. The van der Waals surface area contributed by atoms with E-state index in [-0.39, 0.29) is 0 Å². The van der Waals surface area contributed by atoms with Gasteiger partial charge in [0, 0.05) is 35.8 Å². The van der Waals surface area contributed by atoms with E-state index < -0.39 is 30.5 Å². The van der Waals surface area contributed by atoms with Crippen LogP contribution in [0.5, 0.6) is 5.75 Å². The zero-order valence-electron chi connectivity index (χ0n) is 20.3. The Balaban J connectivity index is 1.44. The van der Waals surface area contributed by atoms with Gasteiger partial charge in [-0.15, -0.1) is 0 Å². The predicted molar refractivity (Wildman–Crippen MR) is 136 cm³/mol. The molecule has 1 unspecified atom stereocenters. The summed E-state index contributed by atoms with van der Waals surface area (Å²) in [5.74, 6) is -3.00. The van der Waals surface area contributed by atoms with Crippen molar-refractivity contribution in [2.24, 2.45) is 0 Å². The van der Waals surface area contributed by atoms with Crippen LogP contribution in [0.3, 0.4) is 0 Å². The number of aromatic nitrogens is 2. The highest BCUT2D eigenvalue weighted by atomic mass is 19.4. The zero-order valence-corrected chi connectivity index (χ0v) is 20.3. The lowest BCUT2D eigenvalue weighted by Crippen LogP contribution is -2.28. The fraction of sp³-hybridized carbons (Fsp3) is 0.250. The van der Waals surface area contributed by atoms with E-state index in [2.05, 4.69) is 20.0 Å². The molecule has 4 rings (SSSR count). The minimum Gasteiger partial charge on any atom is -0.494 e. The Bertz CT molecular complexity index is 1360. The number of ether oxygens (including phenoxy) is 2. The van der Waals surface area contributed by atoms with Gasteiger partial charge in [-0.1, -0.05) is 36.4 Å². The highest BCUT2D eigenvalue weighted by Gasteiger charge is 2.42. The van der Waals surface area contributed by atoms with E-state index in [0.29, 0.717) is 23.5 Å². The van der Waals surface area contributed by atoms with Crippen LogP contribution in [0, 0.1) is 0 Å². The maximum atomic E-state index is 12.6. The lowest BCUT2D eigenvalue weighted by molar-refractivity contribution is -0.201. The summed E-state index contributed by atoms with van der Waals surface area (Å²) in [5, 5.41) is 4.00. The molecule has 10 heteroatoms. The van der Waals surface area contributed by atoms with Crippen LogP contribution in [-0.4, -0.2) is 41.2 Å². The number of esters is 2. The van der Waals surface area contributed by atoms with Gasteiger partial charge in [-0.05, 0) is 54.3 Å². The number of alkyl halides is 3. The molecule has 1 atom stereocenters. The third kappa shape index (κ3) is 7.12. The summed E-state index contributed by atoms with van der Waals surface area (Å²) in [6.07, 6.45) is -0.586. The first-order valence-electron chi connectivity index (χ1n) is 12.1. The molecule has 0 amide bonds. The molecular weight excluding hydrogens is 499 g/mol. The first kappa shape index (κ1) is 26.7. The fourth-order valence-corrected chi connectivity index (χ4v) is 4.06. The summed E-state index contributed by atoms with van der Waals surface area (Å²) in [6.45, 7) is 1.25. The van der Waals surface area contributed by atoms with Crippen LogP contribution in [0.25, 0.3) is 10.9 Å². The van der Waals surface area contributed by atoms with Crippen LogP contribution in [-0.2, 0) is 14.3 Å². The zero-order chi connectivity index (χ0) is 27.0. The van der Waals surface area contributed by atoms with Gasteiger partial charge in [-0.25, -0.2) is 9.78 Å². The largest absolute Gasteiger partial charge is 0.494 e. The number of nitrogens with one attached hydrogen (secondary N) is 2. The molecule has 4 aromatic rings.